The van der Waals surface area contributed by atoms with E-state index >= 15 is 0 Å². The van der Waals surface area contributed by atoms with E-state index in [0.717, 1.165) is 15.9 Å². The zero-order valence-corrected chi connectivity index (χ0v) is 23.6. The van der Waals surface area contributed by atoms with Crippen molar-refractivity contribution in [2.75, 3.05) is 24.7 Å². The minimum Gasteiger partial charge on any atom is -0.455 e. The first-order valence-electron chi connectivity index (χ1n) is 12.8. The summed E-state index contributed by atoms with van der Waals surface area (Å²) in [6.45, 7) is 0. The molecular weight excluding hydrogens is 557 g/mol. The maximum atomic E-state index is 13.7. The van der Waals surface area contributed by atoms with Crippen LogP contribution < -0.4 is 9.62 Å². The van der Waals surface area contributed by atoms with Gasteiger partial charge in [0.2, 0.25) is 10.0 Å². The molecule has 0 aliphatic carbocycles. The van der Waals surface area contributed by atoms with Crippen molar-refractivity contribution in [1.82, 2.24) is 20.3 Å². The first-order valence-corrected chi connectivity index (χ1v) is 14.7. The molecule has 210 valence electrons. The van der Waals surface area contributed by atoms with Crippen LogP contribution in [0.1, 0.15) is 10.4 Å². The van der Waals surface area contributed by atoms with Gasteiger partial charge in [0.1, 0.15) is 17.2 Å². The van der Waals surface area contributed by atoms with E-state index < -0.39 is 21.7 Å². The number of anilines is 1. The SMILES string of the molecule is CNC(=O)c1c(-c2ccc(F)cc2)oc2cc(N(C)S(C)(=O)=O)c(-c3cccc(-c4ncc5cccnc5n4)c3)cc12. The van der Waals surface area contributed by atoms with Crippen LogP contribution in [0, 0.1) is 5.82 Å². The lowest BCUT2D eigenvalue weighted by molar-refractivity contribution is 0.0964. The highest BCUT2D eigenvalue weighted by atomic mass is 32.2. The smallest absolute Gasteiger partial charge is 0.255 e. The Balaban J connectivity index is 1.60. The molecule has 0 saturated heterocycles. The largest absolute Gasteiger partial charge is 0.455 e. The maximum Gasteiger partial charge on any atom is 0.255 e. The summed E-state index contributed by atoms with van der Waals surface area (Å²) in [5, 5.41) is 3.91. The monoisotopic (exact) mass is 581 g/mol. The standard InChI is InChI=1S/C31H24FN5O4S/c1-33-31(38)27-24-15-23(19-6-4-7-20(14-19)29-35-17-21-8-5-13-34-30(21)36-29)25(37(2)42(3,39)40)16-26(24)41-28(27)18-9-11-22(32)12-10-18/h4-17H,1-3H3,(H,33,38). The molecule has 0 bridgehead atoms. The Morgan fingerprint density at radius 3 is 2.45 bits per heavy atom. The molecule has 0 radical (unpaired) electrons. The first-order chi connectivity index (χ1) is 20.1. The van der Waals surface area contributed by atoms with Crippen LogP contribution in [0.2, 0.25) is 0 Å². The molecule has 9 nitrogen and oxygen atoms in total. The zero-order chi connectivity index (χ0) is 29.6. The number of hydrogen-bond donors (Lipinski definition) is 1. The second kappa shape index (κ2) is 10.3. The third-order valence-corrected chi connectivity index (χ3v) is 8.18. The third-order valence-electron chi connectivity index (χ3n) is 6.99. The van der Waals surface area contributed by atoms with E-state index in [1.54, 1.807) is 24.5 Å². The molecule has 3 aromatic carbocycles. The molecule has 3 aromatic heterocycles. The number of rotatable bonds is 6. The highest BCUT2D eigenvalue weighted by molar-refractivity contribution is 7.92. The zero-order valence-electron chi connectivity index (χ0n) is 22.8. The van der Waals surface area contributed by atoms with Crippen molar-refractivity contribution in [3.05, 3.63) is 96.6 Å². The second-order valence-electron chi connectivity index (χ2n) is 9.68. The van der Waals surface area contributed by atoms with Crippen LogP contribution in [0.25, 0.3) is 55.8 Å². The number of nitrogens with zero attached hydrogens (tertiary/aromatic N) is 4. The summed E-state index contributed by atoms with van der Waals surface area (Å²) in [7, 11) is -0.731. The van der Waals surface area contributed by atoms with Gasteiger partial charge in [-0.2, -0.15) is 0 Å². The number of nitrogens with one attached hydrogen (secondary N) is 1. The molecule has 1 amide bonds. The number of hydrogen-bond acceptors (Lipinski definition) is 7. The van der Waals surface area contributed by atoms with Crippen LogP contribution in [-0.2, 0) is 10.0 Å². The molecule has 0 unspecified atom stereocenters. The summed E-state index contributed by atoms with van der Waals surface area (Å²) >= 11 is 0. The van der Waals surface area contributed by atoms with E-state index in [1.807, 2.05) is 36.4 Å². The van der Waals surface area contributed by atoms with E-state index in [0.29, 0.717) is 50.4 Å². The van der Waals surface area contributed by atoms with Gasteiger partial charge < -0.3 is 9.73 Å². The number of sulfonamides is 1. The molecule has 0 aliphatic rings. The Bertz CT molecular complexity index is 2110. The summed E-state index contributed by atoms with van der Waals surface area (Å²) in [5.41, 5.74) is 3.81. The molecule has 0 aliphatic heterocycles. The summed E-state index contributed by atoms with van der Waals surface area (Å²) in [4.78, 5) is 26.6. The van der Waals surface area contributed by atoms with Crippen LogP contribution in [0.15, 0.2) is 89.6 Å². The van der Waals surface area contributed by atoms with Crippen LogP contribution in [0.4, 0.5) is 10.1 Å². The van der Waals surface area contributed by atoms with Gasteiger partial charge in [0, 0.05) is 60.0 Å². The Kier molecular flexibility index (Phi) is 6.66. The summed E-state index contributed by atoms with van der Waals surface area (Å²) in [5.74, 6) is -0.147. The Morgan fingerprint density at radius 1 is 0.952 bits per heavy atom. The fourth-order valence-corrected chi connectivity index (χ4v) is 5.29. The van der Waals surface area contributed by atoms with Crippen molar-refractivity contribution in [3.8, 4) is 33.8 Å². The van der Waals surface area contributed by atoms with Crippen molar-refractivity contribution in [3.63, 3.8) is 0 Å². The van der Waals surface area contributed by atoms with Gasteiger partial charge in [0.15, 0.2) is 11.5 Å². The minimum atomic E-state index is -3.69. The number of benzene rings is 3. The Hall–Kier alpha value is -5.16. The fourth-order valence-electron chi connectivity index (χ4n) is 4.79. The summed E-state index contributed by atoms with van der Waals surface area (Å²) in [6, 6.07) is 20.0. The normalized spacial score (nSPS) is 11.6. The molecule has 0 atom stereocenters. The summed E-state index contributed by atoms with van der Waals surface area (Å²) < 4.78 is 46.4. The van der Waals surface area contributed by atoms with Crippen molar-refractivity contribution in [2.24, 2.45) is 0 Å². The van der Waals surface area contributed by atoms with Gasteiger partial charge in [0.25, 0.3) is 5.91 Å². The Labute approximate surface area is 240 Å². The highest BCUT2D eigenvalue weighted by Crippen LogP contribution is 2.41. The highest BCUT2D eigenvalue weighted by Gasteiger charge is 2.26. The molecule has 0 spiro atoms. The number of amides is 1. The van der Waals surface area contributed by atoms with Crippen LogP contribution in [0.3, 0.4) is 0 Å². The number of aromatic nitrogens is 3. The molecular formula is C31H24FN5O4S. The number of halogens is 1. The van der Waals surface area contributed by atoms with Gasteiger partial charge in [-0.3, -0.25) is 9.10 Å². The molecule has 6 rings (SSSR count). The molecule has 42 heavy (non-hydrogen) atoms. The van der Waals surface area contributed by atoms with Crippen molar-refractivity contribution in [1.29, 1.82) is 0 Å². The number of furan rings is 1. The topological polar surface area (TPSA) is 118 Å². The average molecular weight is 582 g/mol. The molecule has 0 saturated carbocycles. The van der Waals surface area contributed by atoms with Crippen molar-refractivity contribution in [2.45, 2.75) is 0 Å². The van der Waals surface area contributed by atoms with Gasteiger partial charge in [0.05, 0.1) is 17.5 Å². The molecule has 6 aromatic rings. The van der Waals surface area contributed by atoms with Crippen LogP contribution in [-0.4, -0.2) is 49.6 Å². The van der Waals surface area contributed by atoms with Gasteiger partial charge in [-0.1, -0.05) is 18.2 Å². The van der Waals surface area contributed by atoms with Gasteiger partial charge in [-0.15, -0.1) is 0 Å². The first kappa shape index (κ1) is 27.0. The lowest BCUT2D eigenvalue weighted by Crippen LogP contribution is -2.25. The molecule has 1 N–H and O–H groups in total. The van der Waals surface area contributed by atoms with E-state index in [2.05, 4.69) is 20.3 Å². The average Bonchev–Trinajstić information content (AvgIpc) is 3.37. The van der Waals surface area contributed by atoms with Gasteiger partial charge in [-0.05, 0) is 54.1 Å². The third kappa shape index (κ3) is 4.83. The van der Waals surface area contributed by atoms with Gasteiger partial charge >= 0.3 is 0 Å². The number of fused-ring (bicyclic) bond motifs is 2. The number of carbonyl (C=O) groups is 1. The van der Waals surface area contributed by atoms with E-state index in [9.17, 15) is 17.6 Å². The molecule has 3 heterocycles. The lowest BCUT2D eigenvalue weighted by atomic mass is 9.97. The Morgan fingerprint density at radius 2 is 1.71 bits per heavy atom. The van der Waals surface area contributed by atoms with E-state index in [-0.39, 0.29) is 11.3 Å². The second-order valence-corrected chi connectivity index (χ2v) is 11.7. The van der Waals surface area contributed by atoms with Crippen LogP contribution >= 0.6 is 0 Å². The molecule has 0 fully saturated rings. The predicted molar refractivity (Wildman–Crippen MR) is 160 cm³/mol. The number of pyridine rings is 1. The van der Waals surface area contributed by atoms with E-state index in [1.165, 1.54) is 38.4 Å². The van der Waals surface area contributed by atoms with Crippen LogP contribution in [0.5, 0.6) is 0 Å². The fraction of sp³-hybridized carbons (Fsp3) is 0.0968. The van der Waals surface area contributed by atoms with E-state index in [4.69, 9.17) is 4.42 Å². The lowest BCUT2D eigenvalue weighted by Gasteiger charge is -2.21. The number of carbonyl (C=O) groups excluding carboxylic acids is 1. The minimum absolute atomic E-state index is 0.236. The molecule has 11 heteroatoms. The van der Waals surface area contributed by atoms with Gasteiger partial charge in [-0.25, -0.2) is 27.8 Å². The van der Waals surface area contributed by atoms with Crippen molar-refractivity contribution >= 4 is 43.6 Å². The maximum absolute atomic E-state index is 13.7. The summed E-state index contributed by atoms with van der Waals surface area (Å²) in [6.07, 6.45) is 4.47. The predicted octanol–water partition coefficient (Wildman–Crippen LogP) is 5.67. The quantitative estimate of drug-likeness (QED) is 0.269. The van der Waals surface area contributed by atoms with Crippen molar-refractivity contribution < 1.29 is 22.0 Å².